The molecule has 0 aromatic heterocycles. The van der Waals surface area contributed by atoms with E-state index in [0.29, 0.717) is 17.7 Å². The lowest BCUT2D eigenvalue weighted by atomic mass is 10.1. The van der Waals surface area contributed by atoms with Gasteiger partial charge in [0.2, 0.25) is 0 Å². The van der Waals surface area contributed by atoms with E-state index >= 15 is 0 Å². The Balaban J connectivity index is 2.03. The summed E-state index contributed by atoms with van der Waals surface area (Å²) >= 11 is 1.95. The SMILES string of the molecule is O=C(O)C=Cc1ccc(CN2CCCSCC2)c(F)c1. The number of carboxylic acid groups (broad SMARTS) is 1. The van der Waals surface area contributed by atoms with Crippen LogP contribution in [-0.4, -0.2) is 40.6 Å². The van der Waals surface area contributed by atoms with Crippen LogP contribution in [0.15, 0.2) is 24.3 Å². The third-order valence-corrected chi connectivity index (χ3v) is 4.25. The summed E-state index contributed by atoms with van der Waals surface area (Å²) in [5, 5.41) is 8.55. The Morgan fingerprint density at radius 1 is 1.40 bits per heavy atom. The minimum atomic E-state index is -1.03. The van der Waals surface area contributed by atoms with Gasteiger partial charge in [-0.3, -0.25) is 4.90 Å². The van der Waals surface area contributed by atoms with E-state index in [2.05, 4.69) is 4.90 Å². The zero-order valence-electron chi connectivity index (χ0n) is 11.2. The Morgan fingerprint density at radius 3 is 3.00 bits per heavy atom. The van der Waals surface area contributed by atoms with E-state index < -0.39 is 5.97 Å². The highest BCUT2D eigenvalue weighted by Gasteiger charge is 2.12. The molecule has 1 aromatic carbocycles. The first kappa shape index (κ1) is 15.1. The lowest BCUT2D eigenvalue weighted by Gasteiger charge is -2.19. The fourth-order valence-electron chi connectivity index (χ4n) is 2.16. The van der Waals surface area contributed by atoms with Crippen LogP contribution < -0.4 is 0 Å². The van der Waals surface area contributed by atoms with E-state index in [0.717, 1.165) is 31.3 Å². The second kappa shape index (κ2) is 7.45. The molecule has 0 atom stereocenters. The zero-order valence-corrected chi connectivity index (χ0v) is 12.0. The van der Waals surface area contributed by atoms with Gasteiger partial charge in [-0.25, -0.2) is 9.18 Å². The first-order valence-corrected chi connectivity index (χ1v) is 7.80. The van der Waals surface area contributed by atoms with Crippen LogP contribution in [0.5, 0.6) is 0 Å². The van der Waals surface area contributed by atoms with Crippen LogP contribution in [0, 0.1) is 5.82 Å². The van der Waals surface area contributed by atoms with Crippen molar-refractivity contribution in [1.29, 1.82) is 0 Å². The van der Waals surface area contributed by atoms with Gasteiger partial charge in [0.15, 0.2) is 0 Å². The number of carbonyl (C=O) groups is 1. The van der Waals surface area contributed by atoms with E-state index in [4.69, 9.17) is 5.11 Å². The Bertz CT molecular complexity index is 497. The minimum Gasteiger partial charge on any atom is -0.478 e. The number of rotatable bonds is 4. The second-order valence-corrected chi connectivity index (χ2v) is 5.99. The van der Waals surface area contributed by atoms with Gasteiger partial charge in [-0.15, -0.1) is 0 Å². The lowest BCUT2D eigenvalue weighted by Crippen LogP contribution is -2.25. The van der Waals surface area contributed by atoms with Gasteiger partial charge in [0.1, 0.15) is 5.82 Å². The van der Waals surface area contributed by atoms with Crippen LogP contribution in [0.3, 0.4) is 0 Å². The fourth-order valence-corrected chi connectivity index (χ4v) is 3.08. The molecule has 1 aliphatic heterocycles. The molecule has 20 heavy (non-hydrogen) atoms. The molecule has 0 radical (unpaired) electrons. The Kier molecular flexibility index (Phi) is 5.61. The molecule has 1 fully saturated rings. The van der Waals surface area contributed by atoms with Crippen LogP contribution in [0.2, 0.25) is 0 Å². The number of benzene rings is 1. The maximum Gasteiger partial charge on any atom is 0.328 e. The van der Waals surface area contributed by atoms with Gasteiger partial charge in [0, 0.05) is 30.5 Å². The average molecular weight is 295 g/mol. The van der Waals surface area contributed by atoms with Crippen LogP contribution in [-0.2, 0) is 11.3 Å². The highest BCUT2D eigenvalue weighted by molar-refractivity contribution is 7.99. The van der Waals surface area contributed by atoms with Crippen molar-refractivity contribution in [3.63, 3.8) is 0 Å². The molecule has 0 spiro atoms. The molecule has 1 aromatic rings. The Labute approximate surface area is 122 Å². The summed E-state index contributed by atoms with van der Waals surface area (Å²) < 4.78 is 14.0. The van der Waals surface area contributed by atoms with E-state index in [1.54, 1.807) is 12.1 Å². The molecule has 1 saturated heterocycles. The third kappa shape index (κ3) is 4.65. The van der Waals surface area contributed by atoms with Crippen LogP contribution in [0.25, 0.3) is 6.08 Å². The summed E-state index contributed by atoms with van der Waals surface area (Å²) in [5.41, 5.74) is 1.24. The molecular formula is C15H18FNO2S. The number of thioether (sulfide) groups is 1. The van der Waals surface area contributed by atoms with Gasteiger partial charge in [0.05, 0.1) is 0 Å². The van der Waals surface area contributed by atoms with Crippen molar-refractivity contribution < 1.29 is 14.3 Å². The van der Waals surface area contributed by atoms with Crippen LogP contribution in [0.4, 0.5) is 4.39 Å². The molecule has 5 heteroatoms. The van der Waals surface area contributed by atoms with Crippen LogP contribution >= 0.6 is 11.8 Å². The topological polar surface area (TPSA) is 40.5 Å². The maximum atomic E-state index is 14.0. The van der Waals surface area contributed by atoms with E-state index in [-0.39, 0.29) is 5.82 Å². The van der Waals surface area contributed by atoms with E-state index in [1.165, 1.54) is 17.9 Å². The monoisotopic (exact) mass is 295 g/mol. The Morgan fingerprint density at radius 2 is 2.25 bits per heavy atom. The van der Waals surface area contributed by atoms with Gasteiger partial charge in [-0.05, 0) is 36.4 Å². The van der Waals surface area contributed by atoms with E-state index in [1.807, 2.05) is 11.8 Å². The maximum absolute atomic E-state index is 14.0. The Hall–Kier alpha value is -1.33. The largest absolute Gasteiger partial charge is 0.478 e. The molecule has 0 bridgehead atoms. The van der Waals surface area contributed by atoms with Crippen molar-refractivity contribution in [3.8, 4) is 0 Å². The third-order valence-electron chi connectivity index (χ3n) is 3.20. The summed E-state index contributed by atoms with van der Waals surface area (Å²) in [6, 6.07) is 4.89. The summed E-state index contributed by atoms with van der Waals surface area (Å²) in [7, 11) is 0. The average Bonchev–Trinajstić information content (AvgIpc) is 2.68. The van der Waals surface area contributed by atoms with Crippen molar-refractivity contribution >= 4 is 23.8 Å². The normalized spacial score (nSPS) is 17.2. The van der Waals surface area contributed by atoms with Crippen molar-refractivity contribution in [2.45, 2.75) is 13.0 Å². The molecule has 1 aliphatic rings. The highest BCUT2D eigenvalue weighted by atomic mass is 32.2. The van der Waals surface area contributed by atoms with Crippen LogP contribution in [0.1, 0.15) is 17.5 Å². The number of hydrogen-bond donors (Lipinski definition) is 1. The molecular weight excluding hydrogens is 277 g/mol. The molecule has 1 N–H and O–H groups in total. The number of aliphatic carboxylic acids is 1. The molecule has 0 aliphatic carbocycles. The number of nitrogens with zero attached hydrogens (tertiary/aromatic N) is 1. The molecule has 0 saturated carbocycles. The number of carboxylic acids is 1. The molecule has 3 nitrogen and oxygen atoms in total. The molecule has 0 unspecified atom stereocenters. The van der Waals surface area contributed by atoms with E-state index in [9.17, 15) is 9.18 Å². The van der Waals surface area contributed by atoms with Gasteiger partial charge in [-0.1, -0.05) is 12.1 Å². The van der Waals surface area contributed by atoms with Gasteiger partial charge < -0.3 is 5.11 Å². The summed E-state index contributed by atoms with van der Waals surface area (Å²) in [6.45, 7) is 2.62. The quantitative estimate of drug-likeness (QED) is 0.867. The first-order chi connectivity index (χ1) is 9.65. The lowest BCUT2D eigenvalue weighted by molar-refractivity contribution is -0.131. The molecule has 108 valence electrons. The summed E-state index contributed by atoms with van der Waals surface area (Å²) in [6.07, 6.45) is 3.56. The standard InChI is InChI=1S/C15H18FNO2S/c16-14-10-12(3-5-15(18)19)2-4-13(14)11-17-6-1-8-20-9-7-17/h2-5,10H,1,6-9,11H2,(H,18,19). The second-order valence-electron chi connectivity index (χ2n) is 4.76. The summed E-state index contributed by atoms with van der Waals surface area (Å²) in [5.74, 6) is 0.977. The fraction of sp³-hybridized carbons (Fsp3) is 0.400. The minimum absolute atomic E-state index is 0.269. The van der Waals surface area contributed by atoms with Crippen molar-refractivity contribution in [2.24, 2.45) is 0 Å². The first-order valence-electron chi connectivity index (χ1n) is 6.65. The molecule has 1 heterocycles. The van der Waals surface area contributed by atoms with Gasteiger partial charge in [0.25, 0.3) is 0 Å². The van der Waals surface area contributed by atoms with Crippen molar-refractivity contribution in [1.82, 2.24) is 4.90 Å². The smallest absolute Gasteiger partial charge is 0.328 e. The predicted molar refractivity (Wildman–Crippen MR) is 80.3 cm³/mol. The van der Waals surface area contributed by atoms with Crippen molar-refractivity contribution in [3.05, 3.63) is 41.2 Å². The van der Waals surface area contributed by atoms with Crippen molar-refractivity contribution in [2.75, 3.05) is 24.6 Å². The van der Waals surface area contributed by atoms with Gasteiger partial charge in [-0.2, -0.15) is 11.8 Å². The highest BCUT2D eigenvalue weighted by Crippen LogP contribution is 2.17. The molecule has 2 rings (SSSR count). The number of hydrogen-bond acceptors (Lipinski definition) is 3. The number of halogens is 1. The zero-order chi connectivity index (χ0) is 14.4. The molecule has 0 amide bonds. The van der Waals surface area contributed by atoms with Gasteiger partial charge >= 0.3 is 5.97 Å². The predicted octanol–water partition coefficient (Wildman–Crippen LogP) is 2.86. The summed E-state index contributed by atoms with van der Waals surface area (Å²) in [4.78, 5) is 12.7.